The van der Waals surface area contributed by atoms with Crippen molar-refractivity contribution in [3.8, 4) is 5.75 Å². The normalized spacial score (nSPS) is 10.9. The first-order valence-corrected chi connectivity index (χ1v) is 8.46. The van der Waals surface area contributed by atoms with Crippen LogP contribution in [0.15, 0.2) is 27.4 Å². The number of hydrogen-bond donors (Lipinski definition) is 0. The van der Waals surface area contributed by atoms with Gasteiger partial charge in [0.05, 0.1) is 18.2 Å². The van der Waals surface area contributed by atoms with Crippen LogP contribution < -0.4 is 10.4 Å². The highest BCUT2D eigenvalue weighted by Gasteiger charge is 2.16. The molecule has 2 rings (SSSR count). The van der Waals surface area contributed by atoms with Crippen LogP contribution in [-0.2, 0) is 14.3 Å². The summed E-state index contributed by atoms with van der Waals surface area (Å²) in [6, 6.07) is 4.57. The van der Waals surface area contributed by atoms with Crippen LogP contribution in [0.1, 0.15) is 5.56 Å². The topological polar surface area (TPSA) is 78.2 Å². The van der Waals surface area contributed by atoms with Gasteiger partial charge in [0.25, 0.3) is 5.91 Å². The van der Waals surface area contributed by atoms with Crippen molar-refractivity contribution in [2.24, 2.45) is 0 Å². The van der Waals surface area contributed by atoms with Gasteiger partial charge in [-0.1, -0.05) is 11.6 Å². The van der Waals surface area contributed by atoms with Gasteiger partial charge in [0.1, 0.15) is 11.3 Å². The van der Waals surface area contributed by atoms with E-state index in [1.807, 2.05) is 0 Å². The van der Waals surface area contributed by atoms with Crippen molar-refractivity contribution < 1.29 is 23.4 Å². The maximum Gasteiger partial charge on any atom is 0.336 e. The molecule has 7 nitrogen and oxygen atoms in total. The molecule has 0 radical (unpaired) electrons. The molecule has 0 saturated carbocycles. The molecule has 2 aromatic rings. The fourth-order valence-electron chi connectivity index (χ4n) is 2.43. The summed E-state index contributed by atoms with van der Waals surface area (Å²) < 4.78 is 20.8. The molecular formula is C18H22ClNO6. The molecule has 0 atom stereocenters. The molecule has 142 valence electrons. The number of methoxy groups -OCH3 is 2. The Balaban J connectivity index is 2.13. The largest absolute Gasteiger partial charge is 0.482 e. The van der Waals surface area contributed by atoms with Gasteiger partial charge in [-0.15, -0.1) is 0 Å². The van der Waals surface area contributed by atoms with Crippen molar-refractivity contribution in [2.75, 3.05) is 47.1 Å². The fraction of sp³-hybridized carbons (Fsp3) is 0.444. The summed E-state index contributed by atoms with van der Waals surface area (Å²) in [5, 5.41) is 1.05. The molecule has 0 saturated heterocycles. The lowest BCUT2D eigenvalue weighted by atomic mass is 10.1. The van der Waals surface area contributed by atoms with Gasteiger partial charge in [-0.3, -0.25) is 4.79 Å². The van der Waals surface area contributed by atoms with E-state index in [-0.39, 0.29) is 18.3 Å². The number of halogens is 1. The molecule has 1 heterocycles. The highest BCUT2D eigenvalue weighted by molar-refractivity contribution is 6.32. The summed E-state index contributed by atoms with van der Waals surface area (Å²) in [5.41, 5.74) is 0.660. The van der Waals surface area contributed by atoms with Gasteiger partial charge >= 0.3 is 5.63 Å². The van der Waals surface area contributed by atoms with E-state index in [9.17, 15) is 9.59 Å². The van der Waals surface area contributed by atoms with Crippen LogP contribution in [0, 0.1) is 6.92 Å². The smallest absolute Gasteiger partial charge is 0.336 e. The second-order valence-corrected chi connectivity index (χ2v) is 6.09. The Kier molecular flexibility index (Phi) is 7.44. The third kappa shape index (κ3) is 5.20. The van der Waals surface area contributed by atoms with Crippen LogP contribution in [0.2, 0.25) is 5.02 Å². The van der Waals surface area contributed by atoms with Crippen molar-refractivity contribution in [1.82, 2.24) is 4.90 Å². The van der Waals surface area contributed by atoms with Crippen LogP contribution in [0.25, 0.3) is 11.0 Å². The van der Waals surface area contributed by atoms with E-state index in [0.717, 1.165) is 10.9 Å². The molecule has 0 N–H and O–H groups in total. The average molecular weight is 384 g/mol. The lowest BCUT2D eigenvalue weighted by Crippen LogP contribution is -2.39. The maximum absolute atomic E-state index is 12.4. The van der Waals surface area contributed by atoms with E-state index in [4.69, 9.17) is 30.2 Å². The minimum atomic E-state index is -0.454. The average Bonchev–Trinajstić information content (AvgIpc) is 2.60. The number of carbonyl (C=O) groups excluding carboxylic acids is 1. The highest BCUT2D eigenvalue weighted by Crippen LogP contribution is 2.31. The predicted molar refractivity (Wildman–Crippen MR) is 98.1 cm³/mol. The SMILES string of the molecule is COCCN(CCOC)C(=O)COc1cc2oc(=O)cc(C)c2cc1Cl. The Morgan fingerprint density at radius 2 is 1.81 bits per heavy atom. The minimum Gasteiger partial charge on any atom is -0.482 e. The first-order chi connectivity index (χ1) is 12.5. The van der Waals surface area contributed by atoms with Gasteiger partial charge in [-0.25, -0.2) is 4.79 Å². The lowest BCUT2D eigenvalue weighted by molar-refractivity contribution is -0.134. The number of carbonyl (C=O) groups is 1. The zero-order valence-electron chi connectivity index (χ0n) is 15.0. The standard InChI is InChI=1S/C18H22ClNO6/c1-12-8-18(22)26-15-10-16(14(19)9-13(12)15)25-11-17(21)20(4-6-23-2)5-7-24-3/h8-10H,4-7,11H2,1-3H3. The van der Waals surface area contributed by atoms with E-state index >= 15 is 0 Å². The van der Waals surface area contributed by atoms with Crippen LogP contribution in [0.5, 0.6) is 5.75 Å². The number of nitrogens with zero attached hydrogens (tertiary/aromatic N) is 1. The Bertz CT molecular complexity index is 811. The highest BCUT2D eigenvalue weighted by atomic mass is 35.5. The fourth-order valence-corrected chi connectivity index (χ4v) is 2.64. The molecule has 1 amide bonds. The number of ether oxygens (including phenoxy) is 3. The zero-order valence-corrected chi connectivity index (χ0v) is 15.8. The van der Waals surface area contributed by atoms with E-state index in [1.165, 1.54) is 12.1 Å². The van der Waals surface area contributed by atoms with Gasteiger partial charge in [0.15, 0.2) is 6.61 Å². The molecule has 0 aliphatic carbocycles. The summed E-state index contributed by atoms with van der Waals surface area (Å²) in [6.07, 6.45) is 0. The minimum absolute atomic E-state index is 0.200. The second kappa shape index (κ2) is 9.56. The first-order valence-electron chi connectivity index (χ1n) is 8.08. The van der Waals surface area contributed by atoms with Crippen molar-refractivity contribution in [3.63, 3.8) is 0 Å². The van der Waals surface area contributed by atoms with Crippen molar-refractivity contribution >= 4 is 28.5 Å². The van der Waals surface area contributed by atoms with E-state index in [2.05, 4.69) is 0 Å². The van der Waals surface area contributed by atoms with Crippen LogP contribution in [0.3, 0.4) is 0 Å². The molecule has 1 aromatic carbocycles. The number of fused-ring (bicyclic) bond motifs is 1. The molecule has 0 unspecified atom stereocenters. The third-order valence-electron chi connectivity index (χ3n) is 3.84. The van der Waals surface area contributed by atoms with E-state index < -0.39 is 5.63 Å². The molecule has 1 aromatic heterocycles. The third-order valence-corrected chi connectivity index (χ3v) is 4.13. The number of amides is 1. The van der Waals surface area contributed by atoms with Crippen LogP contribution >= 0.6 is 11.6 Å². The molecule has 26 heavy (non-hydrogen) atoms. The molecule has 0 spiro atoms. The maximum atomic E-state index is 12.4. The number of benzene rings is 1. The Morgan fingerprint density at radius 3 is 2.42 bits per heavy atom. The van der Waals surface area contributed by atoms with Crippen LogP contribution in [-0.4, -0.2) is 57.9 Å². The molecule has 8 heteroatoms. The van der Waals surface area contributed by atoms with Crippen molar-refractivity contribution in [2.45, 2.75) is 6.92 Å². The number of hydrogen-bond acceptors (Lipinski definition) is 6. The molecule has 0 bridgehead atoms. The van der Waals surface area contributed by atoms with E-state index in [0.29, 0.717) is 36.9 Å². The quantitative estimate of drug-likeness (QED) is 0.618. The summed E-state index contributed by atoms with van der Waals surface area (Å²) in [5.74, 6) is 0.0562. The van der Waals surface area contributed by atoms with Gasteiger partial charge in [0, 0.05) is 44.8 Å². The second-order valence-electron chi connectivity index (χ2n) is 5.68. The Hall–Kier alpha value is -2.09. The monoisotopic (exact) mass is 383 g/mol. The molecular weight excluding hydrogens is 362 g/mol. The Labute approximate surface area is 156 Å². The van der Waals surface area contributed by atoms with Crippen molar-refractivity contribution in [3.05, 3.63) is 39.2 Å². The van der Waals surface area contributed by atoms with Gasteiger partial charge in [0.2, 0.25) is 0 Å². The first kappa shape index (κ1) is 20.2. The van der Waals surface area contributed by atoms with Gasteiger partial charge in [-0.05, 0) is 18.6 Å². The summed E-state index contributed by atoms with van der Waals surface area (Å²) in [7, 11) is 3.14. The van der Waals surface area contributed by atoms with E-state index in [1.54, 1.807) is 32.1 Å². The predicted octanol–water partition coefficient (Wildman–Crippen LogP) is 2.26. The summed E-state index contributed by atoms with van der Waals surface area (Å²) in [4.78, 5) is 25.5. The van der Waals surface area contributed by atoms with Gasteiger partial charge in [-0.2, -0.15) is 0 Å². The lowest BCUT2D eigenvalue weighted by Gasteiger charge is -2.22. The van der Waals surface area contributed by atoms with Crippen molar-refractivity contribution in [1.29, 1.82) is 0 Å². The summed E-state index contributed by atoms with van der Waals surface area (Å²) in [6.45, 7) is 3.29. The molecule has 0 fully saturated rings. The summed E-state index contributed by atoms with van der Waals surface area (Å²) >= 11 is 6.24. The van der Waals surface area contributed by atoms with Crippen LogP contribution in [0.4, 0.5) is 0 Å². The molecule has 0 aliphatic rings. The Morgan fingerprint density at radius 1 is 1.15 bits per heavy atom. The molecule has 0 aliphatic heterocycles. The van der Waals surface area contributed by atoms with Gasteiger partial charge < -0.3 is 23.5 Å². The zero-order chi connectivity index (χ0) is 19.1. The number of rotatable bonds is 9. The number of aryl methyl sites for hydroxylation is 1.